The first-order chi connectivity index (χ1) is 7.10. The summed E-state index contributed by atoms with van der Waals surface area (Å²) in [4.78, 5) is 5.18. The average Bonchev–Trinajstić information content (AvgIpc) is 2.71. The summed E-state index contributed by atoms with van der Waals surface area (Å²) in [6.45, 7) is 0.842. The molecule has 1 aliphatic heterocycles. The van der Waals surface area contributed by atoms with Crippen LogP contribution in [0, 0.1) is 0 Å². The molecule has 6 heteroatoms. The Hall–Kier alpha value is -0.620. The van der Waals surface area contributed by atoms with Crippen molar-refractivity contribution in [3.05, 3.63) is 29.3 Å². The summed E-state index contributed by atoms with van der Waals surface area (Å²) >= 11 is 5.73. The first-order valence-electron chi connectivity index (χ1n) is 4.52. The lowest BCUT2D eigenvalue weighted by Crippen LogP contribution is -2.26. The Kier molecular flexibility index (Phi) is 2.97. The van der Waals surface area contributed by atoms with Crippen molar-refractivity contribution in [2.24, 2.45) is 0 Å². The summed E-state index contributed by atoms with van der Waals surface area (Å²) in [5.41, 5.74) is 0. The SMILES string of the molecule is O=S(=O)(c1cccc(Cl)c1)N1CCCO1. The third kappa shape index (κ3) is 2.15. The van der Waals surface area contributed by atoms with Crippen LogP contribution in [0.3, 0.4) is 0 Å². The summed E-state index contributed by atoms with van der Waals surface area (Å²) < 4.78 is 24.9. The van der Waals surface area contributed by atoms with Gasteiger partial charge in [-0.3, -0.25) is 4.84 Å². The Morgan fingerprint density at radius 2 is 2.20 bits per heavy atom. The fourth-order valence-corrected chi connectivity index (χ4v) is 2.96. The van der Waals surface area contributed by atoms with E-state index >= 15 is 0 Å². The Balaban J connectivity index is 2.36. The zero-order chi connectivity index (χ0) is 10.9. The summed E-state index contributed by atoms with van der Waals surface area (Å²) in [7, 11) is -3.53. The van der Waals surface area contributed by atoms with Crippen molar-refractivity contribution in [3.8, 4) is 0 Å². The molecule has 1 aliphatic rings. The van der Waals surface area contributed by atoms with Gasteiger partial charge in [0.25, 0.3) is 10.0 Å². The summed E-state index contributed by atoms with van der Waals surface area (Å²) in [5, 5.41) is 0.398. The van der Waals surface area contributed by atoms with Gasteiger partial charge in [0.15, 0.2) is 0 Å². The standard InChI is InChI=1S/C9H10ClNO3S/c10-8-3-1-4-9(7-8)15(12,13)11-5-2-6-14-11/h1,3-4,7H,2,5-6H2. The molecule has 0 unspecified atom stereocenters. The number of hydroxylamine groups is 1. The third-order valence-electron chi connectivity index (χ3n) is 2.08. The minimum Gasteiger partial charge on any atom is -0.284 e. The normalized spacial score (nSPS) is 18.2. The Morgan fingerprint density at radius 3 is 2.80 bits per heavy atom. The van der Waals surface area contributed by atoms with Crippen molar-refractivity contribution in [2.45, 2.75) is 11.3 Å². The van der Waals surface area contributed by atoms with Gasteiger partial charge in [0.2, 0.25) is 0 Å². The molecule has 1 aromatic rings. The Morgan fingerprint density at radius 1 is 1.40 bits per heavy atom. The zero-order valence-electron chi connectivity index (χ0n) is 7.89. The van der Waals surface area contributed by atoms with Crippen LogP contribution in [0.5, 0.6) is 0 Å². The third-order valence-corrected chi connectivity index (χ3v) is 3.99. The van der Waals surface area contributed by atoms with Gasteiger partial charge in [-0.05, 0) is 24.6 Å². The average molecular weight is 248 g/mol. The summed E-state index contributed by atoms with van der Waals surface area (Å²) in [6, 6.07) is 6.15. The molecule has 1 saturated heterocycles. The van der Waals surface area contributed by atoms with E-state index in [1.807, 2.05) is 0 Å². The molecule has 1 fully saturated rings. The topological polar surface area (TPSA) is 46.6 Å². The summed E-state index contributed by atoms with van der Waals surface area (Å²) in [6.07, 6.45) is 0.722. The Bertz CT molecular complexity index is 454. The smallest absolute Gasteiger partial charge is 0.265 e. The van der Waals surface area contributed by atoms with Crippen LogP contribution in [-0.4, -0.2) is 26.0 Å². The van der Waals surface area contributed by atoms with E-state index in [9.17, 15) is 8.42 Å². The van der Waals surface area contributed by atoms with Gasteiger partial charge in [0.1, 0.15) is 0 Å². The molecule has 4 nitrogen and oxygen atoms in total. The second-order valence-corrected chi connectivity index (χ2v) is 5.44. The van der Waals surface area contributed by atoms with Crippen LogP contribution in [0.15, 0.2) is 29.2 Å². The van der Waals surface area contributed by atoms with Crippen LogP contribution >= 0.6 is 11.6 Å². The first-order valence-corrected chi connectivity index (χ1v) is 6.34. The maximum absolute atomic E-state index is 11.9. The van der Waals surface area contributed by atoms with Gasteiger partial charge >= 0.3 is 0 Å². The highest BCUT2D eigenvalue weighted by atomic mass is 35.5. The monoisotopic (exact) mass is 247 g/mol. The van der Waals surface area contributed by atoms with Crippen molar-refractivity contribution >= 4 is 21.6 Å². The van der Waals surface area contributed by atoms with E-state index < -0.39 is 10.0 Å². The van der Waals surface area contributed by atoms with Crippen molar-refractivity contribution < 1.29 is 13.3 Å². The van der Waals surface area contributed by atoms with Crippen molar-refractivity contribution in [1.82, 2.24) is 4.47 Å². The molecule has 1 aromatic carbocycles. The fourth-order valence-electron chi connectivity index (χ4n) is 1.36. The van der Waals surface area contributed by atoms with E-state index in [4.69, 9.17) is 16.4 Å². The molecular formula is C9H10ClNO3S. The van der Waals surface area contributed by atoms with E-state index in [2.05, 4.69) is 0 Å². The van der Waals surface area contributed by atoms with Gasteiger partial charge in [-0.15, -0.1) is 0 Å². The highest BCUT2D eigenvalue weighted by Crippen LogP contribution is 2.22. The molecule has 0 saturated carbocycles. The lowest BCUT2D eigenvalue weighted by molar-refractivity contribution is -0.0284. The number of benzene rings is 1. The maximum Gasteiger partial charge on any atom is 0.265 e. The maximum atomic E-state index is 11.9. The van der Waals surface area contributed by atoms with Gasteiger partial charge in [0.05, 0.1) is 11.5 Å². The molecule has 0 aromatic heterocycles. The highest BCUT2D eigenvalue weighted by molar-refractivity contribution is 7.89. The number of sulfonamides is 1. The van der Waals surface area contributed by atoms with Crippen molar-refractivity contribution in [1.29, 1.82) is 0 Å². The van der Waals surface area contributed by atoms with Crippen LogP contribution in [0.4, 0.5) is 0 Å². The molecule has 2 rings (SSSR count). The zero-order valence-corrected chi connectivity index (χ0v) is 9.46. The minimum absolute atomic E-state index is 0.164. The number of hydrogen-bond donors (Lipinski definition) is 0. The van der Waals surface area contributed by atoms with E-state index in [-0.39, 0.29) is 4.90 Å². The van der Waals surface area contributed by atoms with Crippen molar-refractivity contribution in [3.63, 3.8) is 0 Å². The van der Waals surface area contributed by atoms with Gasteiger partial charge < -0.3 is 0 Å². The molecule has 0 N–H and O–H groups in total. The fraction of sp³-hybridized carbons (Fsp3) is 0.333. The second-order valence-electron chi connectivity index (χ2n) is 3.18. The van der Waals surface area contributed by atoms with Crippen molar-refractivity contribution in [2.75, 3.05) is 13.2 Å². The second kappa shape index (κ2) is 4.09. The van der Waals surface area contributed by atoms with Crippen LogP contribution < -0.4 is 0 Å². The summed E-state index contributed by atoms with van der Waals surface area (Å²) in [5.74, 6) is 0. The molecule has 15 heavy (non-hydrogen) atoms. The lowest BCUT2D eigenvalue weighted by atomic mass is 10.4. The number of halogens is 1. The molecule has 0 spiro atoms. The minimum atomic E-state index is -3.53. The van der Waals surface area contributed by atoms with Gasteiger partial charge in [-0.1, -0.05) is 22.1 Å². The van der Waals surface area contributed by atoms with E-state index in [1.165, 1.54) is 12.1 Å². The van der Waals surface area contributed by atoms with Gasteiger partial charge in [-0.25, -0.2) is 8.42 Å². The van der Waals surface area contributed by atoms with Crippen LogP contribution in [0.1, 0.15) is 6.42 Å². The molecule has 0 aliphatic carbocycles. The largest absolute Gasteiger partial charge is 0.284 e. The highest BCUT2D eigenvalue weighted by Gasteiger charge is 2.28. The molecule has 1 heterocycles. The molecule has 82 valence electrons. The van der Waals surface area contributed by atoms with E-state index in [0.29, 0.717) is 18.2 Å². The lowest BCUT2D eigenvalue weighted by Gasteiger charge is -2.14. The molecule has 0 bridgehead atoms. The van der Waals surface area contributed by atoms with Crippen LogP contribution in [0.2, 0.25) is 5.02 Å². The van der Waals surface area contributed by atoms with Crippen LogP contribution in [-0.2, 0) is 14.9 Å². The predicted molar refractivity (Wildman–Crippen MR) is 55.9 cm³/mol. The number of nitrogens with zero attached hydrogens (tertiary/aromatic N) is 1. The first kappa shape index (κ1) is 10.9. The van der Waals surface area contributed by atoms with Gasteiger partial charge in [-0.2, -0.15) is 0 Å². The van der Waals surface area contributed by atoms with Crippen LogP contribution in [0.25, 0.3) is 0 Å². The molecule has 0 atom stereocenters. The molecular weight excluding hydrogens is 238 g/mol. The van der Waals surface area contributed by atoms with Gasteiger partial charge in [0, 0.05) is 11.6 Å². The Labute approximate surface area is 93.4 Å². The molecule has 0 amide bonds. The van der Waals surface area contributed by atoms with E-state index in [1.54, 1.807) is 12.1 Å². The van der Waals surface area contributed by atoms with E-state index in [0.717, 1.165) is 10.9 Å². The molecule has 0 radical (unpaired) electrons. The predicted octanol–water partition coefficient (Wildman–Crippen LogP) is 1.67. The number of hydrogen-bond acceptors (Lipinski definition) is 3. The quantitative estimate of drug-likeness (QED) is 0.799. The number of rotatable bonds is 2.